The first-order valence-corrected chi connectivity index (χ1v) is 12.7. The van der Waals surface area contributed by atoms with Crippen molar-refractivity contribution in [2.45, 2.75) is 0 Å². The van der Waals surface area contributed by atoms with Crippen LogP contribution in [0.4, 0.5) is 34.8 Å². The molecule has 0 spiro atoms. The van der Waals surface area contributed by atoms with Gasteiger partial charge < -0.3 is 20.9 Å². The zero-order valence-electron chi connectivity index (χ0n) is 19.6. The molecule has 10 nitrogen and oxygen atoms in total. The number of benzene rings is 1. The predicted octanol–water partition coefficient (Wildman–Crippen LogP) is 3.70. The first-order chi connectivity index (χ1) is 16.1. The van der Waals surface area contributed by atoms with Gasteiger partial charge in [-0.05, 0) is 36.4 Å². The number of hydrogen-bond donors (Lipinski definition) is 3. The fourth-order valence-corrected chi connectivity index (χ4v) is 3.38. The summed E-state index contributed by atoms with van der Waals surface area (Å²) in [4.78, 5) is 27.8. The van der Waals surface area contributed by atoms with Crippen molar-refractivity contribution < 1.29 is 9.00 Å². The standard InChI is InChI=1S/C23H28N8O2S/c1-6-14-24-22(32)18-15-25-23(26-16-10-12-17(13-11-16)31(2)3)29-21(18)28-19-8-7-9-20(27-19)30-34(4,5)33/h6-13,15H,1,14H2,2-5H3,(H,24,32)(H2,25,26,27,28,29). The molecule has 3 N–H and O–H groups in total. The van der Waals surface area contributed by atoms with E-state index in [-0.39, 0.29) is 17.3 Å². The van der Waals surface area contributed by atoms with E-state index in [1.165, 1.54) is 18.7 Å². The van der Waals surface area contributed by atoms with Crippen molar-refractivity contribution in [3.8, 4) is 0 Å². The van der Waals surface area contributed by atoms with Crippen molar-refractivity contribution in [1.29, 1.82) is 0 Å². The van der Waals surface area contributed by atoms with Gasteiger partial charge in [0.15, 0.2) is 5.82 Å². The van der Waals surface area contributed by atoms with Crippen LogP contribution in [0.3, 0.4) is 0 Å². The van der Waals surface area contributed by atoms with Crippen LogP contribution < -0.4 is 20.9 Å². The van der Waals surface area contributed by atoms with Gasteiger partial charge in [0.25, 0.3) is 5.91 Å². The molecule has 3 rings (SSSR count). The molecule has 0 unspecified atom stereocenters. The second kappa shape index (κ2) is 10.8. The molecule has 0 atom stereocenters. The van der Waals surface area contributed by atoms with Gasteiger partial charge >= 0.3 is 0 Å². The van der Waals surface area contributed by atoms with Crippen molar-refractivity contribution in [2.24, 2.45) is 4.36 Å². The third kappa shape index (κ3) is 7.01. The number of nitrogens with zero attached hydrogens (tertiary/aromatic N) is 5. The first-order valence-electron chi connectivity index (χ1n) is 10.4. The number of nitrogens with one attached hydrogen (secondary N) is 3. The minimum Gasteiger partial charge on any atom is -0.378 e. The molecule has 0 fully saturated rings. The summed E-state index contributed by atoms with van der Waals surface area (Å²) in [6, 6.07) is 12.8. The molecule has 34 heavy (non-hydrogen) atoms. The summed E-state index contributed by atoms with van der Waals surface area (Å²) in [5.41, 5.74) is 2.08. The third-order valence-corrected chi connectivity index (χ3v) is 5.00. The monoisotopic (exact) mass is 480 g/mol. The molecule has 0 radical (unpaired) electrons. The van der Waals surface area contributed by atoms with Gasteiger partial charge in [-0.3, -0.25) is 4.79 Å². The van der Waals surface area contributed by atoms with Gasteiger partial charge in [0.05, 0.1) is 0 Å². The minimum absolute atomic E-state index is 0.231. The zero-order chi connectivity index (χ0) is 24.7. The van der Waals surface area contributed by atoms with Crippen LogP contribution in [0.25, 0.3) is 0 Å². The molecule has 1 amide bonds. The highest BCUT2D eigenvalue weighted by Gasteiger charge is 2.16. The van der Waals surface area contributed by atoms with Crippen LogP contribution in [-0.2, 0) is 9.73 Å². The van der Waals surface area contributed by atoms with E-state index in [9.17, 15) is 9.00 Å². The Morgan fingerprint density at radius 3 is 2.50 bits per heavy atom. The topological polar surface area (TPSA) is 125 Å². The van der Waals surface area contributed by atoms with Gasteiger partial charge in [0.1, 0.15) is 17.2 Å². The van der Waals surface area contributed by atoms with Crippen LogP contribution in [0.15, 0.2) is 65.7 Å². The van der Waals surface area contributed by atoms with E-state index >= 15 is 0 Å². The molecule has 0 aliphatic rings. The molecule has 0 saturated carbocycles. The average Bonchev–Trinajstić information content (AvgIpc) is 2.77. The van der Waals surface area contributed by atoms with E-state index < -0.39 is 9.73 Å². The Hall–Kier alpha value is -3.99. The Morgan fingerprint density at radius 2 is 1.85 bits per heavy atom. The van der Waals surface area contributed by atoms with Crippen molar-refractivity contribution in [3.63, 3.8) is 0 Å². The molecular formula is C23H28N8O2S. The summed E-state index contributed by atoms with van der Waals surface area (Å²) in [6.07, 6.45) is 6.08. The van der Waals surface area contributed by atoms with Gasteiger partial charge in [-0.1, -0.05) is 12.1 Å². The van der Waals surface area contributed by atoms with Crippen LogP contribution in [0, 0.1) is 0 Å². The van der Waals surface area contributed by atoms with E-state index in [2.05, 4.69) is 41.8 Å². The minimum atomic E-state index is -2.38. The van der Waals surface area contributed by atoms with Crippen molar-refractivity contribution >= 4 is 50.4 Å². The van der Waals surface area contributed by atoms with E-state index in [1.807, 2.05) is 43.3 Å². The summed E-state index contributed by atoms with van der Waals surface area (Å²) < 4.78 is 16.1. The number of pyridine rings is 1. The lowest BCUT2D eigenvalue weighted by molar-refractivity contribution is 0.0958. The summed E-state index contributed by atoms with van der Waals surface area (Å²) in [5.74, 6) is 0.887. The summed E-state index contributed by atoms with van der Waals surface area (Å²) in [7, 11) is 1.56. The molecule has 0 aliphatic carbocycles. The molecule has 0 saturated heterocycles. The molecule has 2 aromatic heterocycles. The number of aromatic nitrogens is 3. The fraction of sp³-hybridized carbons (Fsp3) is 0.217. The van der Waals surface area contributed by atoms with Crippen LogP contribution in [0.1, 0.15) is 10.4 Å². The largest absolute Gasteiger partial charge is 0.378 e. The van der Waals surface area contributed by atoms with Gasteiger partial charge in [0.2, 0.25) is 5.95 Å². The van der Waals surface area contributed by atoms with E-state index in [0.717, 1.165) is 11.4 Å². The third-order valence-electron chi connectivity index (χ3n) is 4.37. The highest BCUT2D eigenvalue weighted by atomic mass is 32.2. The number of amides is 1. The molecule has 0 bridgehead atoms. The molecule has 11 heteroatoms. The van der Waals surface area contributed by atoms with Gasteiger partial charge in [-0.2, -0.15) is 9.35 Å². The normalized spacial score (nSPS) is 10.8. The summed E-state index contributed by atoms with van der Waals surface area (Å²) in [5, 5.41) is 8.92. The fourth-order valence-electron chi connectivity index (χ4n) is 2.83. The summed E-state index contributed by atoms with van der Waals surface area (Å²) >= 11 is 0. The highest BCUT2D eigenvalue weighted by molar-refractivity contribution is 7.92. The predicted molar refractivity (Wildman–Crippen MR) is 138 cm³/mol. The Bertz CT molecular complexity index is 1290. The van der Waals surface area contributed by atoms with E-state index in [1.54, 1.807) is 24.3 Å². The maximum atomic E-state index is 12.7. The molecule has 1 aromatic carbocycles. The Morgan fingerprint density at radius 1 is 1.12 bits per heavy atom. The van der Waals surface area contributed by atoms with E-state index in [0.29, 0.717) is 24.1 Å². The zero-order valence-corrected chi connectivity index (χ0v) is 20.4. The van der Waals surface area contributed by atoms with Gasteiger partial charge in [-0.15, -0.1) is 6.58 Å². The smallest absolute Gasteiger partial charge is 0.256 e. The lowest BCUT2D eigenvalue weighted by atomic mass is 10.2. The SMILES string of the molecule is C=CCNC(=O)c1cnc(Nc2ccc(N(C)C)cc2)nc1Nc1cccc(N=S(C)(C)=O)n1. The number of rotatable bonds is 9. The molecular weight excluding hydrogens is 452 g/mol. The summed E-state index contributed by atoms with van der Waals surface area (Å²) in [6.45, 7) is 3.91. The highest BCUT2D eigenvalue weighted by Crippen LogP contribution is 2.23. The molecule has 0 aliphatic heterocycles. The maximum absolute atomic E-state index is 12.7. The van der Waals surface area contributed by atoms with Crippen LogP contribution >= 0.6 is 0 Å². The first kappa shape index (κ1) is 24.6. The maximum Gasteiger partial charge on any atom is 0.256 e. The molecule has 178 valence electrons. The second-order valence-electron chi connectivity index (χ2n) is 7.80. The van der Waals surface area contributed by atoms with Crippen molar-refractivity contribution in [2.75, 3.05) is 48.7 Å². The van der Waals surface area contributed by atoms with Crippen molar-refractivity contribution in [3.05, 3.63) is 66.9 Å². The Labute approximate surface area is 199 Å². The molecule has 3 aromatic rings. The van der Waals surface area contributed by atoms with E-state index in [4.69, 9.17) is 0 Å². The number of carbonyl (C=O) groups excluding carboxylic acids is 1. The number of carbonyl (C=O) groups is 1. The van der Waals surface area contributed by atoms with Gasteiger partial charge in [-0.25, -0.2) is 14.2 Å². The quantitative estimate of drug-likeness (QED) is 0.396. The Balaban J connectivity index is 1.93. The van der Waals surface area contributed by atoms with Crippen LogP contribution in [0.5, 0.6) is 0 Å². The molecule has 2 heterocycles. The lowest BCUT2D eigenvalue weighted by Crippen LogP contribution is -2.25. The lowest BCUT2D eigenvalue weighted by Gasteiger charge is -2.14. The Kier molecular flexibility index (Phi) is 7.79. The van der Waals surface area contributed by atoms with Crippen LogP contribution in [-0.4, -0.2) is 58.2 Å². The van der Waals surface area contributed by atoms with Crippen LogP contribution in [0.2, 0.25) is 0 Å². The van der Waals surface area contributed by atoms with Crippen molar-refractivity contribution in [1.82, 2.24) is 20.3 Å². The second-order valence-corrected chi connectivity index (χ2v) is 10.3. The number of anilines is 5. The average molecular weight is 481 g/mol. The number of hydrogen-bond acceptors (Lipinski definition) is 9. The van der Waals surface area contributed by atoms with Gasteiger partial charge in [0, 0.05) is 60.5 Å².